The van der Waals surface area contributed by atoms with Crippen LogP contribution in [0.5, 0.6) is 0 Å². The number of carbonyl (C=O) groups excluding carboxylic acids is 1. The highest BCUT2D eigenvalue weighted by atomic mass is 32.2. The first-order chi connectivity index (χ1) is 16.5. The highest BCUT2D eigenvalue weighted by Gasteiger charge is 2.48. The van der Waals surface area contributed by atoms with Crippen molar-refractivity contribution in [2.45, 2.75) is 37.7 Å². The van der Waals surface area contributed by atoms with Crippen molar-refractivity contribution in [1.82, 2.24) is 4.72 Å². The van der Waals surface area contributed by atoms with Crippen LogP contribution in [0.25, 0.3) is 11.1 Å². The van der Waals surface area contributed by atoms with E-state index in [1.807, 2.05) is 6.07 Å². The summed E-state index contributed by atoms with van der Waals surface area (Å²) in [6.07, 6.45) is 0. The van der Waals surface area contributed by atoms with Crippen molar-refractivity contribution in [3.63, 3.8) is 0 Å². The lowest BCUT2D eigenvalue weighted by Crippen LogP contribution is -2.53. The fourth-order valence-electron chi connectivity index (χ4n) is 4.27. The van der Waals surface area contributed by atoms with Crippen molar-refractivity contribution in [1.29, 1.82) is 0 Å². The van der Waals surface area contributed by atoms with Crippen LogP contribution in [0.15, 0.2) is 77.8 Å². The minimum Gasteiger partial charge on any atom is -0.457 e. The van der Waals surface area contributed by atoms with Gasteiger partial charge in [-0.05, 0) is 55.7 Å². The number of hydrogen-bond acceptors (Lipinski definition) is 5. The number of aliphatic imine (C=N–C) groups is 1. The molecule has 0 spiro atoms. The summed E-state index contributed by atoms with van der Waals surface area (Å²) in [6, 6.07) is 19.2. The summed E-state index contributed by atoms with van der Waals surface area (Å²) in [5, 5.41) is -1.02. The van der Waals surface area contributed by atoms with Gasteiger partial charge in [-0.2, -0.15) is 0 Å². The SMILES string of the molecule is C[C@H](N=C1NS(=O)(=O)[C@@H](c2ccc(-c3cccc(C(N)=O)c3)cc2)C(C)(C)O1)c1ccccc1F. The molecule has 3 N–H and O–H groups in total. The van der Waals surface area contributed by atoms with Gasteiger partial charge in [0.2, 0.25) is 15.9 Å². The fourth-order valence-corrected chi connectivity index (χ4v) is 6.04. The van der Waals surface area contributed by atoms with Crippen molar-refractivity contribution in [3.8, 4) is 11.1 Å². The Morgan fingerprint density at radius 1 is 1.06 bits per heavy atom. The van der Waals surface area contributed by atoms with E-state index in [4.69, 9.17) is 10.5 Å². The topological polar surface area (TPSA) is 111 Å². The molecule has 3 aromatic rings. The number of sulfonamides is 1. The second kappa shape index (κ2) is 9.14. The van der Waals surface area contributed by atoms with E-state index in [0.29, 0.717) is 16.7 Å². The molecule has 1 aliphatic heterocycles. The summed E-state index contributed by atoms with van der Waals surface area (Å²) < 4.78 is 49.0. The number of carbonyl (C=O) groups is 1. The highest BCUT2D eigenvalue weighted by Crippen LogP contribution is 2.39. The minimum absolute atomic E-state index is 0.179. The van der Waals surface area contributed by atoms with Crippen LogP contribution in [-0.4, -0.2) is 25.9 Å². The number of benzene rings is 3. The molecule has 1 heterocycles. The van der Waals surface area contributed by atoms with Gasteiger partial charge in [0, 0.05) is 11.1 Å². The van der Waals surface area contributed by atoms with Crippen LogP contribution in [0.2, 0.25) is 0 Å². The van der Waals surface area contributed by atoms with E-state index < -0.39 is 38.6 Å². The summed E-state index contributed by atoms with van der Waals surface area (Å²) in [5.41, 5.74) is 7.04. The average molecular weight is 496 g/mol. The van der Waals surface area contributed by atoms with Crippen LogP contribution in [0.3, 0.4) is 0 Å². The Balaban J connectivity index is 1.61. The Morgan fingerprint density at radius 2 is 1.74 bits per heavy atom. The summed E-state index contributed by atoms with van der Waals surface area (Å²) in [6.45, 7) is 5.00. The first-order valence-electron chi connectivity index (χ1n) is 11.0. The lowest BCUT2D eigenvalue weighted by molar-refractivity contribution is 0.0761. The predicted octanol–water partition coefficient (Wildman–Crippen LogP) is 4.48. The van der Waals surface area contributed by atoms with E-state index in [1.54, 1.807) is 81.4 Å². The van der Waals surface area contributed by atoms with Gasteiger partial charge in [-0.25, -0.2) is 22.5 Å². The van der Waals surface area contributed by atoms with Crippen molar-refractivity contribution < 1.29 is 22.3 Å². The van der Waals surface area contributed by atoms with E-state index in [-0.39, 0.29) is 6.02 Å². The third-order valence-electron chi connectivity index (χ3n) is 5.89. The van der Waals surface area contributed by atoms with Crippen LogP contribution < -0.4 is 10.5 Å². The molecule has 0 unspecified atom stereocenters. The zero-order valence-electron chi connectivity index (χ0n) is 19.5. The highest BCUT2D eigenvalue weighted by molar-refractivity contribution is 7.90. The molecule has 182 valence electrons. The van der Waals surface area contributed by atoms with Crippen molar-refractivity contribution in [2.24, 2.45) is 10.7 Å². The first-order valence-corrected chi connectivity index (χ1v) is 12.6. The molecule has 0 bridgehead atoms. The Labute approximate surface area is 203 Å². The van der Waals surface area contributed by atoms with E-state index in [0.717, 1.165) is 11.1 Å². The molecule has 0 radical (unpaired) electrons. The van der Waals surface area contributed by atoms with Crippen molar-refractivity contribution in [3.05, 3.63) is 95.3 Å². The van der Waals surface area contributed by atoms with Gasteiger partial charge in [0.05, 0.1) is 6.04 Å². The van der Waals surface area contributed by atoms with Crippen molar-refractivity contribution >= 4 is 22.0 Å². The summed E-state index contributed by atoms with van der Waals surface area (Å²) in [4.78, 5) is 15.8. The summed E-state index contributed by atoms with van der Waals surface area (Å²) in [5.74, 6) is -0.954. The molecular weight excluding hydrogens is 469 g/mol. The molecule has 7 nitrogen and oxygen atoms in total. The predicted molar refractivity (Wildman–Crippen MR) is 133 cm³/mol. The molecule has 9 heteroatoms. The third-order valence-corrected chi connectivity index (χ3v) is 7.81. The van der Waals surface area contributed by atoms with Gasteiger partial charge < -0.3 is 10.5 Å². The van der Waals surface area contributed by atoms with Crippen molar-refractivity contribution in [2.75, 3.05) is 0 Å². The largest absolute Gasteiger partial charge is 0.457 e. The van der Waals surface area contributed by atoms with E-state index >= 15 is 0 Å². The van der Waals surface area contributed by atoms with Gasteiger partial charge in [-0.15, -0.1) is 0 Å². The minimum atomic E-state index is -3.93. The van der Waals surface area contributed by atoms with Crippen LogP contribution in [0.1, 0.15) is 53.5 Å². The van der Waals surface area contributed by atoms with Gasteiger partial charge in [-0.3, -0.25) is 4.79 Å². The molecule has 0 saturated carbocycles. The average Bonchev–Trinajstić information content (AvgIpc) is 2.78. The van der Waals surface area contributed by atoms with E-state index in [1.165, 1.54) is 6.07 Å². The first kappa shape index (κ1) is 24.4. The third kappa shape index (κ3) is 5.05. The number of rotatable bonds is 5. The molecule has 1 aliphatic rings. The molecule has 0 aromatic heterocycles. The number of nitrogens with one attached hydrogen (secondary N) is 1. The normalized spacial score (nSPS) is 20.5. The summed E-state index contributed by atoms with van der Waals surface area (Å²) >= 11 is 0. The van der Waals surface area contributed by atoms with E-state index in [2.05, 4.69) is 9.71 Å². The Kier molecular flexibility index (Phi) is 6.38. The molecular formula is C26H26FN3O4S. The Hall–Kier alpha value is -3.72. The zero-order valence-corrected chi connectivity index (χ0v) is 20.3. The monoisotopic (exact) mass is 495 g/mol. The number of nitrogens with two attached hydrogens (primary N) is 1. The maximum atomic E-state index is 14.1. The van der Waals surface area contributed by atoms with Crippen LogP contribution >= 0.6 is 0 Å². The number of ether oxygens (including phenoxy) is 1. The lowest BCUT2D eigenvalue weighted by Gasteiger charge is -2.39. The molecule has 1 saturated heterocycles. The Bertz CT molecular complexity index is 1400. The molecule has 3 aromatic carbocycles. The number of halogens is 1. The quantitative estimate of drug-likeness (QED) is 0.544. The van der Waals surface area contributed by atoms with Crippen LogP contribution in [0.4, 0.5) is 4.39 Å². The second-order valence-electron chi connectivity index (χ2n) is 8.93. The second-order valence-corrected chi connectivity index (χ2v) is 10.7. The number of hydrogen-bond donors (Lipinski definition) is 2. The van der Waals surface area contributed by atoms with Gasteiger partial charge in [0.15, 0.2) is 0 Å². The smallest absolute Gasteiger partial charge is 0.299 e. The molecule has 2 atom stereocenters. The molecule has 0 aliphatic carbocycles. The zero-order chi connectivity index (χ0) is 25.4. The van der Waals surface area contributed by atoms with Crippen LogP contribution in [-0.2, 0) is 14.8 Å². The maximum absolute atomic E-state index is 14.1. The fraction of sp³-hybridized carbons (Fsp3) is 0.231. The van der Waals surface area contributed by atoms with Crippen LogP contribution in [0, 0.1) is 5.82 Å². The van der Waals surface area contributed by atoms with Gasteiger partial charge >= 0.3 is 0 Å². The van der Waals surface area contributed by atoms with Gasteiger partial charge in [-0.1, -0.05) is 54.6 Å². The summed E-state index contributed by atoms with van der Waals surface area (Å²) in [7, 11) is -3.93. The number of amidine groups is 1. The number of amides is 1. The molecule has 1 fully saturated rings. The maximum Gasteiger partial charge on any atom is 0.299 e. The molecule has 1 amide bonds. The molecule has 35 heavy (non-hydrogen) atoms. The number of nitrogens with zero attached hydrogens (tertiary/aromatic N) is 1. The molecule has 4 rings (SSSR count). The lowest BCUT2D eigenvalue weighted by atomic mass is 9.95. The Morgan fingerprint density at radius 3 is 2.37 bits per heavy atom. The van der Waals surface area contributed by atoms with Gasteiger partial charge in [0.25, 0.3) is 6.02 Å². The standard InChI is InChI=1S/C26H26FN3O4S/c1-16(21-9-4-5-10-22(21)27)29-25-30-35(32,33)23(26(2,3)34-25)18-13-11-17(12-14-18)19-7-6-8-20(15-19)24(28)31/h4-16,23H,1-3H3,(H2,28,31)(H,29,30)/t16-,23-/m0/s1. The van der Waals surface area contributed by atoms with E-state index in [9.17, 15) is 17.6 Å². The van der Waals surface area contributed by atoms with Gasteiger partial charge in [0.1, 0.15) is 16.7 Å². The number of primary amides is 1.